The molecular weight excluding hydrogens is 267 g/mol. The summed E-state index contributed by atoms with van der Waals surface area (Å²) in [6, 6.07) is 6.87. The highest BCUT2D eigenvalue weighted by Crippen LogP contribution is 2.38. The number of aliphatic hydroxyl groups is 1. The van der Waals surface area contributed by atoms with E-state index in [1.807, 2.05) is 12.1 Å². The Labute approximate surface area is 123 Å². The molecule has 0 amide bonds. The second-order valence-electron chi connectivity index (χ2n) is 6.40. The number of benzene rings is 1. The quantitative estimate of drug-likeness (QED) is 0.922. The van der Waals surface area contributed by atoms with E-state index in [4.69, 9.17) is 0 Å². The highest BCUT2D eigenvalue weighted by atomic mass is 19.1. The van der Waals surface area contributed by atoms with E-state index >= 15 is 0 Å². The van der Waals surface area contributed by atoms with E-state index in [1.54, 1.807) is 12.3 Å². The Bertz CT molecular complexity index is 675. The third kappa shape index (κ3) is 2.32. The van der Waals surface area contributed by atoms with Gasteiger partial charge >= 0.3 is 0 Å². The number of rotatable bonds is 2. The van der Waals surface area contributed by atoms with Crippen molar-refractivity contribution in [2.45, 2.75) is 25.5 Å². The molecule has 2 aliphatic rings. The monoisotopic (exact) mass is 286 g/mol. The minimum Gasteiger partial charge on any atom is -0.393 e. The summed E-state index contributed by atoms with van der Waals surface area (Å²) in [6.07, 6.45) is 3.66. The highest BCUT2D eigenvalue weighted by molar-refractivity contribution is 5.81. The average Bonchev–Trinajstić information content (AvgIpc) is 3.01. The maximum Gasteiger partial charge on any atom is 0.124 e. The van der Waals surface area contributed by atoms with Crippen molar-refractivity contribution in [2.24, 2.45) is 11.8 Å². The van der Waals surface area contributed by atoms with Crippen molar-refractivity contribution in [2.75, 3.05) is 13.1 Å². The van der Waals surface area contributed by atoms with Crippen molar-refractivity contribution >= 4 is 10.9 Å². The van der Waals surface area contributed by atoms with E-state index in [2.05, 4.69) is 9.88 Å². The smallest absolute Gasteiger partial charge is 0.124 e. The van der Waals surface area contributed by atoms with Crippen molar-refractivity contribution in [1.82, 2.24) is 9.88 Å². The Balaban J connectivity index is 1.61. The van der Waals surface area contributed by atoms with Crippen molar-refractivity contribution < 1.29 is 9.50 Å². The van der Waals surface area contributed by atoms with Gasteiger partial charge in [-0.05, 0) is 42.5 Å². The van der Waals surface area contributed by atoms with Crippen molar-refractivity contribution in [3.63, 3.8) is 0 Å². The van der Waals surface area contributed by atoms with Gasteiger partial charge in [0.05, 0.1) is 11.6 Å². The van der Waals surface area contributed by atoms with Gasteiger partial charge < -0.3 is 5.11 Å². The molecule has 21 heavy (non-hydrogen) atoms. The van der Waals surface area contributed by atoms with E-state index < -0.39 is 0 Å². The molecule has 4 rings (SSSR count). The maximum atomic E-state index is 13.8. The van der Waals surface area contributed by atoms with E-state index in [-0.39, 0.29) is 11.9 Å². The Morgan fingerprint density at radius 3 is 3.05 bits per heavy atom. The van der Waals surface area contributed by atoms with Gasteiger partial charge in [-0.2, -0.15) is 0 Å². The Kier molecular flexibility index (Phi) is 3.16. The van der Waals surface area contributed by atoms with E-state index in [1.165, 1.54) is 6.07 Å². The lowest BCUT2D eigenvalue weighted by Crippen LogP contribution is -2.24. The Morgan fingerprint density at radius 2 is 2.19 bits per heavy atom. The first-order valence-corrected chi connectivity index (χ1v) is 7.64. The van der Waals surface area contributed by atoms with Crippen LogP contribution in [0.5, 0.6) is 0 Å². The summed E-state index contributed by atoms with van der Waals surface area (Å²) in [5.74, 6) is 0.801. The maximum absolute atomic E-state index is 13.8. The van der Waals surface area contributed by atoms with Crippen LogP contribution in [0.3, 0.4) is 0 Å². The van der Waals surface area contributed by atoms with Gasteiger partial charge in [0.1, 0.15) is 5.82 Å². The van der Waals surface area contributed by atoms with Crippen LogP contribution in [0.2, 0.25) is 0 Å². The zero-order valence-electron chi connectivity index (χ0n) is 11.9. The molecule has 0 bridgehead atoms. The zero-order valence-corrected chi connectivity index (χ0v) is 11.9. The molecule has 2 heterocycles. The molecule has 1 aliphatic carbocycles. The van der Waals surface area contributed by atoms with Crippen LogP contribution in [0.4, 0.5) is 4.39 Å². The molecule has 110 valence electrons. The molecule has 2 aromatic rings. The fourth-order valence-electron chi connectivity index (χ4n) is 4.05. The van der Waals surface area contributed by atoms with Crippen LogP contribution in [0.15, 0.2) is 30.5 Å². The lowest BCUT2D eigenvalue weighted by molar-refractivity contribution is 0.123. The summed E-state index contributed by atoms with van der Waals surface area (Å²) in [4.78, 5) is 6.74. The predicted octanol–water partition coefficient (Wildman–Crippen LogP) is 2.58. The molecular formula is C17H19FN2O. The summed E-state index contributed by atoms with van der Waals surface area (Å²) >= 11 is 0. The SMILES string of the molecule is OC1CCC2CN(Cc3cc(F)cc4cccnc34)CC12. The molecule has 3 unspecified atom stereocenters. The number of halogens is 1. The fourth-order valence-corrected chi connectivity index (χ4v) is 4.05. The molecule has 0 spiro atoms. The van der Waals surface area contributed by atoms with Crippen molar-refractivity contribution in [3.8, 4) is 0 Å². The lowest BCUT2D eigenvalue weighted by Gasteiger charge is -2.18. The van der Waals surface area contributed by atoms with Crippen LogP contribution >= 0.6 is 0 Å². The first-order valence-electron chi connectivity index (χ1n) is 7.64. The molecule has 1 aliphatic heterocycles. The Morgan fingerprint density at radius 1 is 1.29 bits per heavy atom. The van der Waals surface area contributed by atoms with Gasteiger partial charge in [0.25, 0.3) is 0 Å². The number of pyridine rings is 1. The number of likely N-dealkylation sites (tertiary alicyclic amines) is 1. The summed E-state index contributed by atoms with van der Waals surface area (Å²) in [6.45, 7) is 2.63. The van der Waals surface area contributed by atoms with Crippen LogP contribution in [0.25, 0.3) is 10.9 Å². The normalized spacial score (nSPS) is 29.1. The van der Waals surface area contributed by atoms with Gasteiger partial charge in [0.15, 0.2) is 0 Å². The predicted molar refractivity (Wildman–Crippen MR) is 79.2 cm³/mol. The molecule has 3 nitrogen and oxygen atoms in total. The average molecular weight is 286 g/mol. The second kappa shape index (κ2) is 5.04. The third-order valence-electron chi connectivity index (χ3n) is 5.04. The van der Waals surface area contributed by atoms with Crippen molar-refractivity contribution in [1.29, 1.82) is 0 Å². The molecule has 1 aromatic heterocycles. The standard InChI is InChI=1S/C17H19FN2O/c18-14-6-11-2-1-5-19-17(11)13(7-14)9-20-8-12-3-4-16(21)15(12)10-20/h1-2,5-7,12,15-16,21H,3-4,8-10H2. The van der Waals surface area contributed by atoms with Crippen molar-refractivity contribution in [3.05, 3.63) is 41.8 Å². The Hall–Kier alpha value is -1.52. The first-order chi connectivity index (χ1) is 10.2. The van der Waals surface area contributed by atoms with E-state index in [0.717, 1.165) is 42.4 Å². The summed E-state index contributed by atoms with van der Waals surface area (Å²) in [5, 5.41) is 10.9. The molecule has 3 atom stereocenters. The largest absolute Gasteiger partial charge is 0.393 e. The third-order valence-corrected chi connectivity index (χ3v) is 5.04. The van der Waals surface area contributed by atoms with Gasteiger partial charge in [-0.1, -0.05) is 6.07 Å². The zero-order chi connectivity index (χ0) is 14.4. The number of aliphatic hydroxyl groups excluding tert-OH is 1. The van der Waals surface area contributed by atoms with Gasteiger partial charge in [-0.15, -0.1) is 0 Å². The van der Waals surface area contributed by atoms with Crippen LogP contribution in [0, 0.1) is 17.7 Å². The number of fused-ring (bicyclic) bond motifs is 2. The van der Waals surface area contributed by atoms with Crippen LogP contribution in [-0.4, -0.2) is 34.2 Å². The number of nitrogens with zero attached hydrogens (tertiary/aromatic N) is 2. The van der Waals surface area contributed by atoms with Crippen LogP contribution in [0.1, 0.15) is 18.4 Å². The molecule has 4 heteroatoms. The number of hydrogen-bond acceptors (Lipinski definition) is 3. The molecule has 1 N–H and O–H groups in total. The second-order valence-corrected chi connectivity index (χ2v) is 6.40. The summed E-state index contributed by atoms with van der Waals surface area (Å²) in [5.41, 5.74) is 1.83. The van der Waals surface area contributed by atoms with Crippen LogP contribution < -0.4 is 0 Å². The topological polar surface area (TPSA) is 36.4 Å². The minimum absolute atomic E-state index is 0.151. The van der Waals surface area contributed by atoms with Gasteiger partial charge in [-0.3, -0.25) is 9.88 Å². The van der Waals surface area contributed by atoms with E-state index in [9.17, 15) is 9.50 Å². The molecule has 1 saturated carbocycles. The fraction of sp³-hybridized carbons (Fsp3) is 0.471. The van der Waals surface area contributed by atoms with Crippen LogP contribution in [-0.2, 0) is 6.54 Å². The van der Waals surface area contributed by atoms with E-state index in [0.29, 0.717) is 18.4 Å². The number of aromatic nitrogens is 1. The van der Waals surface area contributed by atoms with Gasteiger partial charge in [0.2, 0.25) is 0 Å². The van der Waals surface area contributed by atoms with Gasteiger partial charge in [0, 0.05) is 37.1 Å². The first kappa shape index (κ1) is 13.2. The molecule has 1 aromatic carbocycles. The molecule has 0 radical (unpaired) electrons. The summed E-state index contributed by atoms with van der Waals surface area (Å²) in [7, 11) is 0. The van der Waals surface area contributed by atoms with Gasteiger partial charge in [-0.25, -0.2) is 4.39 Å². The molecule has 2 fully saturated rings. The molecule has 1 saturated heterocycles. The minimum atomic E-state index is -0.204. The number of hydrogen-bond donors (Lipinski definition) is 1. The highest BCUT2D eigenvalue weighted by Gasteiger charge is 2.41. The lowest BCUT2D eigenvalue weighted by atomic mass is 10.00. The summed E-state index contributed by atoms with van der Waals surface area (Å²) < 4.78 is 13.8.